The Balaban J connectivity index is 1.25. The third kappa shape index (κ3) is 5.11. The van der Waals surface area contributed by atoms with Gasteiger partial charge in [0.25, 0.3) is 0 Å². The van der Waals surface area contributed by atoms with Crippen LogP contribution < -0.4 is 4.74 Å². The summed E-state index contributed by atoms with van der Waals surface area (Å²) in [7, 11) is 4.16. The molecular formula is C23H36N4O2. The average Bonchev–Trinajstić information content (AvgIpc) is 3.01. The molecule has 0 unspecified atom stereocenters. The smallest absolute Gasteiger partial charge is 0.222 e. The number of hydrogen-bond donors (Lipinski definition) is 0. The molecule has 1 amide bonds. The van der Waals surface area contributed by atoms with Gasteiger partial charge in [0.05, 0.1) is 6.61 Å². The Labute approximate surface area is 175 Å². The fourth-order valence-electron chi connectivity index (χ4n) is 5.06. The van der Waals surface area contributed by atoms with Gasteiger partial charge < -0.3 is 19.4 Å². The van der Waals surface area contributed by atoms with Crippen molar-refractivity contribution in [2.45, 2.75) is 31.8 Å². The van der Waals surface area contributed by atoms with Gasteiger partial charge in [-0.3, -0.25) is 9.69 Å². The van der Waals surface area contributed by atoms with E-state index in [0.29, 0.717) is 24.3 Å². The Bertz CT molecular complexity index is 689. The first-order chi connectivity index (χ1) is 14.1. The number of piperidine rings is 1. The first-order valence-corrected chi connectivity index (χ1v) is 11.2. The van der Waals surface area contributed by atoms with E-state index >= 15 is 0 Å². The van der Waals surface area contributed by atoms with Crippen LogP contribution in [0.25, 0.3) is 0 Å². The van der Waals surface area contributed by atoms with Gasteiger partial charge in [-0.25, -0.2) is 0 Å². The second-order valence-corrected chi connectivity index (χ2v) is 9.01. The molecule has 0 spiro atoms. The second kappa shape index (κ2) is 9.45. The average molecular weight is 401 g/mol. The Morgan fingerprint density at radius 1 is 1.03 bits per heavy atom. The number of para-hydroxylation sites is 1. The molecule has 0 N–H and O–H groups in total. The molecule has 6 heteroatoms. The summed E-state index contributed by atoms with van der Waals surface area (Å²) in [4.78, 5) is 21.4. The van der Waals surface area contributed by atoms with Gasteiger partial charge in [-0.1, -0.05) is 18.2 Å². The van der Waals surface area contributed by atoms with Gasteiger partial charge in [-0.05, 0) is 26.0 Å². The van der Waals surface area contributed by atoms with Crippen LogP contribution in [0.1, 0.15) is 24.8 Å². The molecule has 0 saturated carbocycles. The zero-order valence-corrected chi connectivity index (χ0v) is 18.1. The van der Waals surface area contributed by atoms with Crippen molar-refractivity contribution in [2.24, 2.45) is 5.92 Å². The summed E-state index contributed by atoms with van der Waals surface area (Å²) >= 11 is 0. The molecule has 1 aromatic rings. The van der Waals surface area contributed by atoms with Gasteiger partial charge in [-0.15, -0.1) is 0 Å². The molecule has 2 atom stereocenters. The molecule has 3 saturated heterocycles. The Kier molecular flexibility index (Phi) is 6.73. The molecule has 6 nitrogen and oxygen atoms in total. The highest BCUT2D eigenvalue weighted by atomic mass is 16.5. The number of nitrogens with zero attached hydrogens (tertiary/aromatic N) is 4. The third-order valence-corrected chi connectivity index (χ3v) is 6.94. The van der Waals surface area contributed by atoms with Crippen molar-refractivity contribution in [3.05, 3.63) is 29.8 Å². The molecule has 4 rings (SSSR count). The molecule has 160 valence electrons. The normalized spacial score (nSPS) is 26.7. The number of piperazine rings is 1. The van der Waals surface area contributed by atoms with Gasteiger partial charge in [0.1, 0.15) is 5.75 Å². The van der Waals surface area contributed by atoms with Gasteiger partial charge in [-0.2, -0.15) is 0 Å². The van der Waals surface area contributed by atoms with Crippen LogP contribution in [0.3, 0.4) is 0 Å². The molecule has 29 heavy (non-hydrogen) atoms. The maximum absolute atomic E-state index is 12.0. The van der Waals surface area contributed by atoms with Crippen molar-refractivity contribution < 1.29 is 9.53 Å². The number of likely N-dealkylation sites (tertiary alicyclic amines) is 2. The number of amides is 1. The number of hydrogen-bond acceptors (Lipinski definition) is 5. The molecule has 3 heterocycles. The lowest BCUT2D eigenvalue weighted by Crippen LogP contribution is -2.45. The highest BCUT2D eigenvalue weighted by Crippen LogP contribution is 2.32. The van der Waals surface area contributed by atoms with Crippen molar-refractivity contribution in [1.29, 1.82) is 0 Å². The van der Waals surface area contributed by atoms with Crippen LogP contribution in [-0.2, 0) is 11.3 Å². The van der Waals surface area contributed by atoms with E-state index in [0.717, 1.165) is 51.4 Å². The van der Waals surface area contributed by atoms with E-state index in [-0.39, 0.29) is 0 Å². The molecular weight excluding hydrogens is 364 g/mol. The molecule has 0 bridgehead atoms. The summed E-state index contributed by atoms with van der Waals surface area (Å²) in [6, 6.07) is 8.90. The summed E-state index contributed by atoms with van der Waals surface area (Å²) in [5.41, 5.74) is 1.27. The predicted molar refractivity (Wildman–Crippen MR) is 115 cm³/mol. The number of likely N-dealkylation sites (N-methyl/N-ethyl adjacent to an activating group) is 1. The third-order valence-electron chi connectivity index (χ3n) is 6.94. The first-order valence-electron chi connectivity index (χ1n) is 11.2. The van der Waals surface area contributed by atoms with Crippen molar-refractivity contribution in [3.8, 4) is 5.75 Å². The fraction of sp³-hybridized carbons (Fsp3) is 0.696. The van der Waals surface area contributed by atoms with Crippen molar-refractivity contribution in [1.82, 2.24) is 19.6 Å². The zero-order valence-electron chi connectivity index (χ0n) is 18.1. The fourth-order valence-corrected chi connectivity index (χ4v) is 5.06. The van der Waals surface area contributed by atoms with Crippen molar-refractivity contribution in [3.63, 3.8) is 0 Å². The zero-order chi connectivity index (χ0) is 20.2. The highest BCUT2D eigenvalue weighted by Gasteiger charge is 2.40. The monoisotopic (exact) mass is 400 g/mol. The summed E-state index contributed by atoms with van der Waals surface area (Å²) in [6.45, 7) is 9.54. The number of carbonyl (C=O) groups excluding carboxylic acids is 1. The Hall–Kier alpha value is -1.63. The van der Waals surface area contributed by atoms with Crippen LogP contribution in [0.2, 0.25) is 0 Å². The highest BCUT2D eigenvalue weighted by molar-refractivity contribution is 5.79. The lowest BCUT2D eigenvalue weighted by molar-refractivity contribution is -0.127. The molecule has 1 aromatic carbocycles. The van der Waals surface area contributed by atoms with Crippen LogP contribution in [0.4, 0.5) is 0 Å². The van der Waals surface area contributed by atoms with E-state index in [9.17, 15) is 4.79 Å². The number of fused-ring (bicyclic) bond motifs is 1. The molecule has 3 aliphatic heterocycles. The molecule has 3 fully saturated rings. The Morgan fingerprint density at radius 3 is 2.66 bits per heavy atom. The van der Waals surface area contributed by atoms with Crippen LogP contribution in [0.15, 0.2) is 24.3 Å². The van der Waals surface area contributed by atoms with Crippen LogP contribution in [0.5, 0.6) is 5.75 Å². The Morgan fingerprint density at radius 2 is 1.83 bits per heavy atom. The van der Waals surface area contributed by atoms with Gasteiger partial charge >= 0.3 is 0 Å². The van der Waals surface area contributed by atoms with E-state index in [1.165, 1.54) is 31.7 Å². The van der Waals surface area contributed by atoms with Gasteiger partial charge in [0.2, 0.25) is 5.91 Å². The van der Waals surface area contributed by atoms with Gasteiger partial charge in [0, 0.05) is 83.3 Å². The van der Waals surface area contributed by atoms with Crippen LogP contribution in [0, 0.1) is 5.92 Å². The van der Waals surface area contributed by atoms with E-state index in [2.05, 4.69) is 46.0 Å². The van der Waals surface area contributed by atoms with E-state index in [1.807, 2.05) is 11.9 Å². The summed E-state index contributed by atoms with van der Waals surface area (Å²) < 4.78 is 6.19. The van der Waals surface area contributed by atoms with E-state index in [1.54, 1.807) is 0 Å². The quantitative estimate of drug-likeness (QED) is 0.652. The molecule has 0 radical (unpaired) electrons. The minimum absolute atomic E-state index is 0.311. The minimum Gasteiger partial charge on any atom is -0.493 e. The largest absolute Gasteiger partial charge is 0.493 e. The molecule has 3 aliphatic rings. The van der Waals surface area contributed by atoms with E-state index in [4.69, 9.17) is 4.74 Å². The van der Waals surface area contributed by atoms with Crippen molar-refractivity contribution in [2.75, 3.05) is 66.5 Å². The first kappa shape index (κ1) is 20.6. The van der Waals surface area contributed by atoms with Gasteiger partial charge in [0.15, 0.2) is 0 Å². The lowest BCUT2D eigenvalue weighted by Gasteiger charge is -2.36. The maximum atomic E-state index is 12.0. The number of rotatable bonds is 7. The standard InChI is InChI=1S/C23H36N4O2/c1-24-11-13-26(14-12-24)9-5-15-29-22-7-4-3-6-19(22)17-27-10-8-21-20(18-27)16-23(28)25(21)2/h3-4,6-7,20-21H,5,8-18H2,1-2H3/t20-,21+/m1/s1. The summed E-state index contributed by atoms with van der Waals surface area (Å²) in [6.07, 6.45) is 2.86. The number of ether oxygens (including phenoxy) is 1. The predicted octanol–water partition coefficient (Wildman–Crippen LogP) is 1.76. The van der Waals surface area contributed by atoms with E-state index < -0.39 is 0 Å². The number of benzene rings is 1. The second-order valence-electron chi connectivity index (χ2n) is 9.01. The lowest BCUT2D eigenvalue weighted by atomic mass is 9.92. The maximum Gasteiger partial charge on any atom is 0.222 e. The molecule has 0 aromatic heterocycles. The topological polar surface area (TPSA) is 39.3 Å². The number of carbonyl (C=O) groups is 1. The van der Waals surface area contributed by atoms with Crippen LogP contribution >= 0.6 is 0 Å². The molecule has 0 aliphatic carbocycles. The SMILES string of the molecule is CN1CCN(CCCOc2ccccc2CN2CC[C@H]3[C@H](CC(=O)N3C)C2)CC1. The van der Waals surface area contributed by atoms with Crippen molar-refractivity contribution >= 4 is 5.91 Å². The minimum atomic E-state index is 0.311. The summed E-state index contributed by atoms with van der Waals surface area (Å²) in [5, 5.41) is 0. The summed E-state index contributed by atoms with van der Waals surface area (Å²) in [5.74, 6) is 1.82. The van der Waals surface area contributed by atoms with Crippen LogP contribution in [-0.4, -0.2) is 98.1 Å².